The predicted molar refractivity (Wildman–Crippen MR) is 93.2 cm³/mol. The third kappa shape index (κ3) is 3.77. The lowest BCUT2D eigenvalue weighted by atomic mass is 9.90. The Bertz CT molecular complexity index is 577. The molecular weight excluding hydrogens is 302 g/mol. The van der Waals surface area contributed by atoms with Gasteiger partial charge in [0.25, 0.3) is 0 Å². The van der Waals surface area contributed by atoms with E-state index in [0.717, 1.165) is 24.2 Å². The summed E-state index contributed by atoms with van der Waals surface area (Å²) in [6.07, 6.45) is 7.16. The van der Waals surface area contributed by atoms with Crippen LogP contribution in [-0.2, 0) is 4.79 Å². The van der Waals surface area contributed by atoms with Gasteiger partial charge in [-0.3, -0.25) is 4.79 Å². The van der Waals surface area contributed by atoms with Crippen LogP contribution in [0.25, 0.3) is 0 Å². The van der Waals surface area contributed by atoms with Crippen molar-refractivity contribution >= 4 is 5.91 Å². The molecule has 1 fully saturated rings. The van der Waals surface area contributed by atoms with E-state index in [2.05, 4.69) is 22.5 Å². The number of benzene rings is 1. The molecule has 1 aromatic rings. The molecule has 1 N–H and O–H groups in total. The van der Waals surface area contributed by atoms with Gasteiger partial charge >= 0.3 is 0 Å². The number of rotatable bonds is 4. The van der Waals surface area contributed by atoms with Crippen molar-refractivity contribution in [2.75, 3.05) is 7.11 Å². The molecule has 0 bridgehead atoms. The van der Waals surface area contributed by atoms with E-state index in [0.29, 0.717) is 6.04 Å². The van der Waals surface area contributed by atoms with E-state index in [1.165, 1.54) is 25.7 Å². The van der Waals surface area contributed by atoms with Crippen LogP contribution >= 0.6 is 0 Å². The Morgan fingerprint density at radius 3 is 2.38 bits per heavy atom. The van der Waals surface area contributed by atoms with Gasteiger partial charge in [-0.25, -0.2) is 0 Å². The first-order valence-electron chi connectivity index (χ1n) is 9.03. The Morgan fingerprint density at radius 1 is 1.08 bits per heavy atom. The average Bonchev–Trinajstić information content (AvgIpc) is 2.81. The number of carbonyl (C=O) groups excluding carboxylic acids is 1. The molecule has 0 radical (unpaired) electrons. The van der Waals surface area contributed by atoms with Crippen LogP contribution in [0.2, 0.25) is 0 Å². The first kappa shape index (κ1) is 16.9. The fraction of sp³-hybridized carbons (Fsp3) is 0.632. The summed E-state index contributed by atoms with van der Waals surface area (Å²) in [6.45, 7) is 2.06. The first-order valence-corrected chi connectivity index (χ1v) is 9.03. The monoisotopic (exact) mass is 329 g/mol. The van der Waals surface area contributed by atoms with Gasteiger partial charge in [-0.2, -0.15) is 10.2 Å². The minimum atomic E-state index is -0.375. The Kier molecular flexibility index (Phi) is 5.48. The lowest BCUT2D eigenvalue weighted by Crippen LogP contribution is -2.42. The first-order chi connectivity index (χ1) is 11.7. The molecule has 2 aliphatic rings. The molecular formula is C19H27N3O2. The van der Waals surface area contributed by atoms with Crippen LogP contribution in [0.5, 0.6) is 5.75 Å². The van der Waals surface area contributed by atoms with Crippen LogP contribution in [0.15, 0.2) is 34.5 Å². The minimum Gasteiger partial charge on any atom is -0.497 e. The molecule has 1 aliphatic carbocycles. The lowest BCUT2D eigenvalue weighted by Gasteiger charge is -2.21. The number of azo groups is 1. The zero-order chi connectivity index (χ0) is 16.9. The van der Waals surface area contributed by atoms with Crippen LogP contribution in [0, 0.1) is 5.92 Å². The molecule has 0 saturated heterocycles. The fourth-order valence-electron chi connectivity index (χ4n) is 3.70. The number of methoxy groups -OCH3 is 1. The van der Waals surface area contributed by atoms with Crippen molar-refractivity contribution in [3.8, 4) is 5.75 Å². The van der Waals surface area contributed by atoms with Gasteiger partial charge in [0.1, 0.15) is 11.8 Å². The van der Waals surface area contributed by atoms with Crippen LogP contribution < -0.4 is 10.1 Å². The van der Waals surface area contributed by atoms with Crippen molar-refractivity contribution in [1.29, 1.82) is 0 Å². The highest BCUT2D eigenvalue weighted by Gasteiger charge is 2.37. The predicted octanol–water partition coefficient (Wildman–Crippen LogP) is 4.05. The number of carbonyl (C=O) groups is 1. The molecule has 3 unspecified atom stereocenters. The standard InChI is InChI=1S/C19H27N3O2/c1-13-17(14-9-11-16(24-2)12-10-14)21-22-18(13)19(23)20-15-7-5-3-4-6-8-15/h9-13,15,17-18H,3-8H2,1-2H3,(H,20,23). The summed E-state index contributed by atoms with van der Waals surface area (Å²) >= 11 is 0. The highest BCUT2D eigenvalue weighted by molar-refractivity contribution is 5.82. The SMILES string of the molecule is COc1ccc(C2N=NC(C(=O)NC3CCCCCC3)C2C)cc1. The van der Waals surface area contributed by atoms with Crippen molar-refractivity contribution < 1.29 is 9.53 Å². The normalized spacial score (nSPS) is 27.7. The smallest absolute Gasteiger partial charge is 0.247 e. The van der Waals surface area contributed by atoms with Crippen LogP contribution in [0.4, 0.5) is 0 Å². The molecule has 1 saturated carbocycles. The second kappa shape index (κ2) is 7.77. The number of hydrogen-bond acceptors (Lipinski definition) is 4. The molecule has 3 atom stereocenters. The van der Waals surface area contributed by atoms with E-state index in [1.807, 2.05) is 24.3 Å². The third-order valence-corrected chi connectivity index (χ3v) is 5.24. The van der Waals surface area contributed by atoms with Crippen LogP contribution in [-0.4, -0.2) is 25.1 Å². The Labute approximate surface area is 143 Å². The van der Waals surface area contributed by atoms with Gasteiger partial charge < -0.3 is 10.1 Å². The zero-order valence-corrected chi connectivity index (χ0v) is 14.6. The fourth-order valence-corrected chi connectivity index (χ4v) is 3.70. The molecule has 24 heavy (non-hydrogen) atoms. The number of nitrogens with one attached hydrogen (secondary N) is 1. The van der Waals surface area contributed by atoms with Crippen molar-refractivity contribution in [2.45, 2.75) is 63.6 Å². The summed E-state index contributed by atoms with van der Waals surface area (Å²) in [5, 5.41) is 11.9. The molecule has 5 heteroatoms. The van der Waals surface area contributed by atoms with Gasteiger partial charge in [-0.05, 0) is 30.5 Å². The van der Waals surface area contributed by atoms with E-state index in [1.54, 1.807) is 7.11 Å². The molecule has 5 nitrogen and oxygen atoms in total. The van der Waals surface area contributed by atoms with Crippen molar-refractivity contribution in [1.82, 2.24) is 5.32 Å². The Morgan fingerprint density at radius 2 is 1.75 bits per heavy atom. The minimum absolute atomic E-state index is 0.0363. The van der Waals surface area contributed by atoms with E-state index < -0.39 is 0 Å². The molecule has 1 aliphatic heterocycles. The highest BCUT2D eigenvalue weighted by atomic mass is 16.5. The molecule has 130 valence electrons. The Balaban J connectivity index is 1.61. The maximum absolute atomic E-state index is 12.6. The summed E-state index contributed by atoms with van der Waals surface area (Å²) in [5.41, 5.74) is 1.08. The largest absolute Gasteiger partial charge is 0.497 e. The maximum atomic E-state index is 12.6. The van der Waals surface area contributed by atoms with E-state index in [-0.39, 0.29) is 23.9 Å². The topological polar surface area (TPSA) is 63.1 Å². The van der Waals surface area contributed by atoms with Gasteiger partial charge in [-0.1, -0.05) is 44.7 Å². The van der Waals surface area contributed by atoms with Gasteiger partial charge in [0.15, 0.2) is 6.04 Å². The second-order valence-corrected chi connectivity index (χ2v) is 6.95. The highest BCUT2D eigenvalue weighted by Crippen LogP contribution is 2.36. The van der Waals surface area contributed by atoms with E-state index >= 15 is 0 Å². The van der Waals surface area contributed by atoms with Gasteiger partial charge in [0, 0.05) is 12.0 Å². The third-order valence-electron chi connectivity index (χ3n) is 5.24. The number of amides is 1. The summed E-state index contributed by atoms with van der Waals surface area (Å²) < 4.78 is 5.19. The van der Waals surface area contributed by atoms with Gasteiger partial charge in [0.2, 0.25) is 5.91 Å². The summed E-state index contributed by atoms with van der Waals surface area (Å²) in [4.78, 5) is 12.6. The number of hydrogen-bond donors (Lipinski definition) is 1. The molecule has 0 spiro atoms. The molecule has 0 aromatic heterocycles. The van der Waals surface area contributed by atoms with Gasteiger partial charge in [0.05, 0.1) is 7.11 Å². The maximum Gasteiger partial charge on any atom is 0.247 e. The van der Waals surface area contributed by atoms with E-state index in [4.69, 9.17) is 4.74 Å². The quantitative estimate of drug-likeness (QED) is 0.847. The van der Waals surface area contributed by atoms with Crippen molar-refractivity contribution in [2.24, 2.45) is 16.1 Å². The zero-order valence-electron chi connectivity index (χ0n) is 14.6. The van der Waals surface area contributed by atoms with Crippen LogP contribution in [0.1, 0.15) is 57.1 Å². The van der Waals surface area contributed by atoms with Gasteiger partial charge in [-0.15, -0.1) is 0 Å². The Hall–Kier alpha value is -1.91. The molecule has 1 aromatic carbocycles. The lowest BCUT2D eigenvalue weighted by molar-refractivity contribution is -0.123. The van der Waals surface area contributed by atoms with E-state index in [9.17, 15) is 4.79 Å². The molecule has 3 rings (SSSR count). The summed E-state index contributed by atoms with van der Waals surface area (Å²) in [6, 6.07) is 7.74. The molecule has 1 amide bonds. The molecule has 1 heterocycles. The second-order valence-electron chi connectivity index (χ2n) is 6.95. The van der Waals surface area contributed by atoms with Crippen LogP contribution in [0.3, 0.4) is 0 Å². The summed E-state index contributed by atoms with van der Waals surface area (Å²) in [7, 11) is 1.65. The number of nitrogens with zero attached hydrogens (tertiary/aromatic N) is 2. The summed E-state index contributed by atoms with van der Waals surface area (Å²) in [5.74, 6) is 0.933. The number of ether oxygens (including phenoxy) is 1. The van der Waals surface area contributed by atoms with Crippen molar-refractivity contribution in [3.05, 3.63) is 29.8 Å². The average molecular weight is 329 g/mol. The van der Waals surface area contributed by atoms with Crippen molar-refractivity contribution in [3.63, 3.8) is 0 Å².